The standard InChI is InChI=1S/C11H10ClNS/c12-9-3-1-2-8(6-9)10-4-5-14-11(10)7-13/h1-6H,7,13H2. The third-order valence-corrected chi connectivity index (χ3v) is 3.24. The van der Waals surface area contributed by atoms with Gasteiger partial charge in [0.05, 0.1) is 0 Å². The largest absolute Gasteiger partial charge is 0.326 e. The maximum atomic E-state index is 5.93. The summed E-state index contributed by atoms with van der Waals surface area (Å²) in [5.74, 6) is 0. The van der Waals surface area contributed by atoms with Crippen molar-refractivity contribution in [2.24, 2.45) is 5.73 Å². The van der Waals surface area contributed by atoms with E-state index in [4.69, 9.17) is 17.3 Å². The van der Waals surface area contributed by atoms with Gasteiger partial charge in [0.2, 0.25) is 0 Å². The molecule has 0 aliphatic heterocycles. The number of nitrogens with two attached hydrogens (primary N) is 1. The van der Waals surface area contributed by atoms with E-state index in [2.05, 4.69) is 11.4 Å². The Balaban J connectivity index is 2.49. The number of rotatable bonds is 2. The fraction of sp³-hybridized carbons (Fsp3) is 0.0909. The molecule has 0 aliphatic rings. The number of halogens is 1. The number of benzene rings is 1. The zero-order chi connectivity index (χ0) is 9.97. The number of hydrogen-bond donors (Lipinski definition) is 1. The average molecular weight is 224 g/mol. The molecule has 0 fully saturated rings. The first-order valence-corrected chi connectivity index (χ1v) is 5.59. The van der Waals surface area contributed by atoms with Gasteiger partial charge in [-0.05, 0) is 34.7 Å². The Morgan fingerprint density at radius 3 is 2.86 bits per heavy atom. The van der Waals surface area contributed by atoms with E-state index >= 15 is 0 Å². The van der Waals surface area contributed by atoms with Gasteiger partial charge in [-0.3, -0.25) is 0 Å². The zero-order valence-electron chi connectivity index (χ0n) is 7.53. The van der Waals surface area contributed by atoms with Gasteiger partial charge in [0.25, 0.3) is 0 Å². The van der Waals surface area contributed by atoms with Crippen molar-refractivity contribution in [3.63, 3.8) is 0 Å². The average Bonchev–Trinajstić information content (AvgIpc) is 2.65. The molecule has 0 atom stereocenters. The van der Waals surface area contributed by atoms with Crippen LogP contribution in [0, 0.1) is 0 Å². The van der Waals surface area contributed by atoms with E-state index in [1.807, 2.05) is 24.3 Å². The van der Waals surface area contributed by atoms with E-state index < -0.39 is 0 Å². The van der Waals surface area contributed by atoms with Crippen molar-refractivity contribution in [1.29, 1.82) is 0 Å². The summed E-state index contributed by atoms with van der Waals surface area (Å²) in [4.78, 5) is 1.20. The minimum atomic E-state index is 0.583. The highest BCUT2D eigenvalue weighted by Crippen LogP contribution is 2.29. The fourth-order valence-corrected chi connectivity index (χ4v) is 2.38. The van der Waals surface area contributed by atoms with E-state index in [1.165, 1.54) is 10.4 Å². The van der Waals surface area contributed by atoms with Crippen LogP contribution in [0.15, 0.2) is 35.7 Å². The normalized spacial score (nSPS) is 10.4. The van der Waals surface area contributed by atoms with Crippen LogP contribution in [-0.2, 0) is 6.54 Å². The van der Waals surface area contributed by atoms with E-state index in [0.717, 1.165) is 10.6 Å². The monoisotopic (exact) mass is 223 g/mol. The molecule has 0 spiro atoms. The molecule has 0 saturated carbocycles. The molecule has 1 aromatic heterocycles. The Labute approximate surface area is 92.1 Å². The van der Waals surface area contributed by atoms with Gasteiger partial charge in [0.1, 0.15) is 0 Å². The van der Waals surface area contributed by atoms with Gasteiger partial charge in [-0.25, -0.2) is 0 Å². The fourth-order valence-electron chi connectivity index (χ4n) is 1.41. The van der Waals surface area contributed by atoms with Crippen LogP contribution in [0.3, 0.4) is 0 Å². The van der Waals surface area contributed by atoms with E-state index in [0.29, 0.717) is 6.54 Å². The maximum Gasteiger partial charge on any atom is 0.0412 e. The van der Waals surface area contributed by atoms with Gasteiger partial charge in [0.15, 0.2) is 0 Å². The Hall–Kier alpha value is -0.830. The molecule has 2 N–H and O–H groups in total. The lowest BCUT2D eigenvalue weighted by atomic mass is 10.1. The lowest BCUT2D eigenvalue weighted by Crippen LogP contribution is -1.94. The first-order chi connectivity index (χ1) is 6.81. The molecule has 72 valence electrons. The molecule has 0 aliphatic carbocycles. The molecule has 0 saturated heterocycles. The van der Waals surface area contributed by atoms with Crippen LogP contribution in [0.25, 0.3) is 11.1 Å². The minimum absolute atomic E-state index is 0.583. The SMILES string of the molecule is NCc1sccc1-c1cccc(Cl)c1. The minimum Gasteiger partial charge on any atom is -0.326 e. The van der Waals surface area contributed by atoms with Gasteiger partial charge in [-0.15, -0.1) is 11.3 Å². The summed E-state index contributed by atoms with van der Waals surface area (Å²) in [6.45, 7) is 0.583. The quantitative estimate of drug-likeness (QED) is 0.828. The van der Waals surface area contributed by atoms with Crippen molar-refractivity contribution < 1.29 is 0 Å². The predicted octanol–water partition coefficient (Wildman–Crippen LogP) is 3.53. The van der Waals surface area contributed by atoms with Crippen LogP contribution in [0.1, 0.15) is 4.88 Å². The van der Waals surface area contributed by atoms with Crippen LogP contribution in [-0.4, -0.2) is 0 Å². The zero-order valence-corrected chi connectivity index (χ0v) is 9.11. The summed E-state index contributed by atoms with van der Waals surface area (Å²) in [5.41, 5.74) is 7.98. The highest BCUT2D eigenvalue weighted by Gasteiger charge is 2.04. The van der Waals surface area contributed by atoms with Crippen molar-refractivity contribution in [2.75, 3.05) is 0 Å². The second kappa shape index (κ2) is 4.13. The van der Waals surface area contributed by atoms with E-state index in [-0.39, 0.29) is 0 Å². The summed E-state index contributed by atoms with van der Waals surface area (Å²) >= 11 is 7.61. The Morgan fingerprint density at radius 1 is 1.29 bits per heavy atom. The molecule has 1 aromatic carbocycles. The Morgan fingerprint density at radius 2 is 2.14 bits per heavy atom. The molecule has 3 heteroatoms. The van der Waals surface area contributed by atoms with Gasteiger partial charge in [0, 0.05) is 16.4 Å². The van der Waals surface area contributed by atoms with E-state index in [1.54, 1.807) is 11.3 Å². The molecule has 1 nitrogen and oxygen atoms in total. The number of thiophene rings is 1. The molecule has 14 heavy (non-hydrogen) atoms. The van der Waals surface area contributed by atoms with Crippen LogP contribution in [0.2, 0.25) is 5.02 Å². The Kier molecular flexibility index (Phi) is 2.87. The third kappa shape index (κ3) is 1.82. The second-order valence-corrected chi connectivity index (χ2v) is 4.41. The van der Waals surface area contributed by atoms with Crippen molar-refractivity contribution in [3.8, 4) is 11.1 Å². The van der Waals surface area contributed by atoms with Crippen LogP contribution in [0.4, 0.5) is 0 Å². The molecule has 2 aromatic rings. The van der Waals surface area contributed by atoms with Gasteiger partial charge >= 0.3 is 0 Å². The first-order valence-electron chi connectivity index (χ1n) is 4.33. The van der Waals surface area contributed by atoms with Gasteiger partial charge in [-0.1, -0.05) is 23.7 Å². The van der Waals surface area contributed by atoms with Crippen molar-refractivity contribution in [2.45, 2.75) is 6.54 Å². The second-order valence-electron chi connectivity index (χ2n) is 2.97. The molecule has 0 unspecified atom stereocenters. The smallest absolute Gasteiger partial charge is 0.0412 e. The number of hydrogen-bond acceptors (Lipinski definition) is 2. The Bertz CT molecular complexity index is 436. The molecule has 2 rings (SSSR count). The molecular weight excluding hydrogens is 214 g/mol. The summed E-state index contributed by atoms with van der Waals surface area (Å²) in [6.07, 6.45) is 0. The van der Waals surface area contributed by atoms with Crippen molar-refractivity contribution >= 4 is 22.9 Å². The highest BCUT2D eigenvalue weighted by molar-refractivity contribution is 7.10. The van der Waals surface area contributed by atoms with Crippen molar-refractivity contribution in [3.05, 3.63) is 45.6 Å². The summed E-state index contributed by atoms with van der Waals surface area (Å²) in [7, 11) is 0. The molecule has 0 amide bonds. The third-order valence-electron chi connectivity index (χ3n) is 2.07. The summed E-state index contributed by atoms with van der Waals surface area (Å²) in [5, 5.41) is 2.81. The van der Waals surface area contributed by atoms with Gasteiger partial charge < -0.3 is 5.73 Å². The lowest BCUT2D eigenvalue weighted by Gasteiger charge is -2.01. The molecule has 1 heterocycles. The molecular formula is C11H10ClNS. The molecule has 0 bridgehead atoms. The maximum absolute atomic E-state index is 5.93. The summed E-state index contributed by atoms with van der Waals surface area (Å²) in [6, 6.07) is 9.92. The predicted molar refractivity (Wildman–Crippen MR) is 62.7 cm³/mol. The van der Waals surface area contributed by atoms with Crippen molar-refractivity contribution in [1.82, 2.24) is 0 Å². The first kappa shape index (κ1) is 9.71. The summed E-state index contributed by atoms with van der Waals surface area (Å²) < 4.78 is 0. The van der Waals surface area contributed by atoms with Crippen LogP contribution in [0.5, 0.6) is 0 Å². The van der Waals surface area contributed by atoms with Crippen LogP contribution >= 0.6 is 22.9 Å². The van der Waals surface area contributed by atoms with E-state index in [9.17, 15) is 0 Å². The van der Waals surface area contributed by atoms with Gasteiger partial charge in [-0.2, -0.15) is 0 Å². The van der Waals surface area contributed by atoms with Crippen LogP contribution < -0.4 is 5.73 Å². The highest BCUT2D eigenvalue weighted by atomic mass is 35.5. The molecule has 0 radical (unpaired) electrons. The topological polar surface area (TPSA) is 26.0 Å². The lowest BCUT2D eigenvalue weighted by molar-refractivity contribution is 1.11.